The highest BCUT2D eigenvalue weighted by atomic mass is 32.1. The summed E-state index contributed by atoms with van der Waals surface area (Å²) in [7, 11) is 0. The minimum absolute atomic E-state index is 0.0761. The van der Waals surface area contributed by atoms with Crippen molar-refractivity contribution in [2.75, 3.05) is 5.32 Å². The summed E-state index contributed by atoms with van der Waals surface area (Å²) < 4.78 is 1.10. The van der Waals surface area contributed by atoms with Gasteiger partial charge in [-0.3, -0.25) is 4.79 Å². The molecule has 1 N–H and O–H groups in total. The van der Waals surface area contributed by atoms with Crippen molar-refractivity contribution in [1.82, 2.24) is 4.98 Å². The Morgan fingerprint density at radius 3 is 2.50 bits per heavy atom. The zero-order valence-electron chi connectivity index (χ0n) is 13.4. The van der Waals surface area contributed by atoms with Crippen LogP contribution in [0.25, 0.3) is 10.2 Å². The average molecular weight is 336 g/mol. The van der Waals surface area contributed by atoms with Crippen LogP contribution in [0.4, 0.5) is 5.13 Å². The molecule has 3 aromatic rings. The molecule has 1 aliphatic carbocycles. The molecule has 0 unspecified atom stereocenters. The quantitative estimate of drug-likeness (QED) is 0.710. The second-order valence-electron chi connectivity index (χ2n) is 6.41. The molecule has 4 rings (SSSR count). The highest BCUT2D eigenvalue weighted by molar-refractivity contribution is 7.22. The van der Waals surface area contributed by atoms with Crippen molar-refractivity contribution in [3.8, 4) is 0 Å². The smallest absolute Gasteiger partial charge is 0.233 e. The standard InChI is InChI=1S/C20H20N2OS/c23-19(22-20-21-16-12-6-7-13-17(16)24-20)18(15-10-4-5-11-15)14-8-2-1-3-9-14/h1-3,6-9,12-13,15,18H,4-5,10-11H2,(H,21,22,23)/t18-/m0/s1. The van der Waals surface area contributed by atoms with Crippen LogP contribution in [-0.4, -0.2) is 10.9 Å². The molecule has 1 heterocycles. The fourth-order valence-electron chi connectivity index (χ4n) is 3.70. The number of fused-ring (bicyclic) bond motifs is 1. The van der Waals surface area contributed by atoms with Crippen LogP contribution in [0.15, 0.2) is 54.6 Å². The third kappa shape index (κ3) is 3.06. The van der Waals surface area contributed by atoms with E-state index >= 15 is 0 Å². The maximum atomic E-state index is 13.0. The molecule has 1 atom stereocenters. The van der Waals surface area contributed by atoms with Gasteiger partial charge >= 0.3 is 0 Å². The van der Waals surface area contributed by atoms with Gasteiger partial charge in [-0.05, 0) is 36.5 Å². The molecule has 2 aromatic carbocycles. The summed E-state index contributed by atoms with van der Waals surface area (Å²) in [6.45, 7) is 0. The number of thiazole rings is 1. The molecule has 1 aromatic heterocycles. The van der Waals surface area contributed by atoms with Gasteiger partial charge in [0.1, 0.15) is 0 Å². The van der Waals surface area contributed by atoms with Crippen LogP contribution in [-0.2, 0) is 4.79 Å². The van der Waals surface area contributed by atoms with Crippen molar-refractivity contribution < 1.29 is 4.79 Å². The van der Waals surface area contributed by atoms with Gasteiger partial charge in [-0.2, -0.15) is 0 Å². The van der Waals surface area contributed by atoms with E-state index in [0.29, 0.717) is 11.0 Å². The van der Waals surface area contributed by atoms with E-state index in [1.54, 1.807) is 0 Å². The monoisotopic (exact) mass is 336 g/mol. The van der Waals surface area contributed by atoms with E-state index in [2.05, 4.69) is 22.4 Å². The van der Waals surface area contributed by atoms with Crippen LogP contribution in [0.2, 0.25) is 0 Å². The molecule has 0 radical (unpaired) electrons. The van der Waals surface area contributed by atoms with Gasteiger partial charge < -0.3 is 5.32 Å². The van der Waals surface area contributed by atoms with Gasteiger partial charge in [-0.1, -0.05) is 66.6 Å². The van der Waals surface area contributed by atoms with Gasteiger partial charge in [-0.25, -0.2) is 4.98 Å². The maximum absolute atomic E-state index is 13.0. The molecule has 24 heavy (non-hydrogen) atoms. The molecule has 0 aliphatic heterocycles. The molecule has 1 fully saturated rings. The van der Waals surface area contributed by atoms with E-state index in [-0.39, 0.29) is 11.8 Å². The van der Waals surface area contributed by atoms with Gasteiger partial charge in [0.05, 0.1) is 16.1 Å². The van der Waals surface area contributed by atoms with Crippen LogP contribution in [0.5, 0.6) is 0 Å². The lowest BCUT2D eigenvalue weighted by Gasteiger charge is -2.22. The molecule has 3 nitrogen and oxygen atoms in total. The zero-order valence-corrected chi connectivity index (χ0v) is 14.3. The van der Waals surface area contributed by atoms with Crippen molar-refractivity contribution in [3.63, 3.8) is 0 Å². The number of carbonyl (C=O) groups excluding carboxylic acids is 1. The van der Waals surface area contributed by atoms with Crippen LogP contribution in [0.3, 0.4) is 0 Å². The number of benzene rings is 2. The van der Waals surface area contributed by atoms with Crippen molar-refractivity contribution >= 4 is 32.6 Å². The molecule has 1 saturated carbocycles. The SMILES string of the molecule is O=C(Nc1nc2ccccc2s1)[C@@H](c1ccccc1)C1CCCC1. The Bertz CT molecular complexity index is 804. The summed E-state index contributed by atoms with van der Waals surface area (Å²) in [4.78, 5) is 17.6. The minimum atomic E-state index is -0.0827. The van der Waals surface area contributed by atoms with Crippen molar-refractivity contribution in [1.29, 1.82) is 0 Å². The molecular formula is C20H20N2OS. The Morgan fingerprint density at radius 2 is 1.75 bits per heavy atom. The highest BCUT2D eigenvalue weighted by Crippen LogP contribution is 2.38. The van der Waals surface area contributed by atoms with Gasteiger partial charge in [0, 0.05) is 0 Å². The Labute approximate surface area is 145 Å². The van der Waals surface area contributed by atoms with E-state index in [0.717, 1.165) is 28.6 Å². The lowest BCUT2D eigenvalue weighted by Crippen LogP contribution is -2.26. The van der Waals surface area contributed by atoms with E-state index in [9.17, 15) is 4.79 Å². The molecule has 0 spiro atoms. The van der Waals surface area contributed by atoms with Crippen molar-refractivity contribution in [3.05, 3.63) is 60.2 Å². The molecular weight excluding hydrogens is 316 g/mol. The second kappa shape index (κ2) is 6.73. The van der Waals surface area contributed by atoms with E-state index in [4.69, 9.17) is 0 Å². The first-order chi connectivity index (χ1) is 11.8. The second-order valence-corrected chi connectivity index (χ2v) is 7.44. The number of nitrogens with zero attached hydrogens (tertiary/aromatic N) is 1. The predicted molar refractivity (Wildman–Crippen MR) is 99.4 cm³/mol. The predicted octanol–water partition coefficient (Wildman–Crippen LogP) is 5.21. The Balaban J connectivity index is 1.61. The maximum Gasteiger partial charge on any atom is 0.233 e. The number of para-hydroxylation sites is 1. The first kappa shape index (κ1) is 15.3. The summed E-state index contributed by atoms with van der Waals surface area (Å²) in [5.41, 5.74) is 2.05. The van der Waals surface area contributed by atoms with Crippen molar-refractivity contribution in [2.45, 2.75) is 31.6 Å². The molecule has 4 heteroatoms. The first-order valence-corrected chi connectivity index (χ1v) is 9.34. The topological polar surface area (TPSA) is 42.0 Å². The molecule has 0 bridgehead atoms. The molecule has 122 valence electrons. The third-order valence-corrected chi connectivity index (χ3v) is 5.79. The number of hydrogen-bond acceptors (Lipinski definition) is 3. The van der Waals surface area contributed by atoms with Gasteiger partial charge in [0.2, 0.25) is 5.91 Å². The Hall–Kier alpha value is -2.20. The van der Waals surface area contributed by atoms with Crippen LogP contribution in [0.1, 0.15) is 37.2 Å². The Kier molecular flexibility index (Phi) is 4.30. The molecule has 1 amide bonds. The van der Waals surface area contributed by atoms with Gasteiger partial charge in [-0.15, -0.1) is 0 Å². The molecule has 1 aliphatic rings. The van der Waals surface area contributed by atoms with E-state index in [1.807, 2.05) is 42.5 Å². The summed E-state index contributed by atoms with van der Waals surface area (Å²) in [5, 5.41) is 3.77. The lowest BCUT2D eigenvalue weighted by atomic mass is 9.84. The number of hydrogen-bond donors (Lipinski definition) is 1. The zero-order chi connectivity index (χ0) is 16.4. The normalized spacial score (nSPS) is 16.3. The number of rotatable bonds is 4. The number of amides is 1. The summed E-state index contributed by atoms with van der Waals surface area (Å²) in [6.07, 6.45) is 4.71. The van der Waals surface area contributed by atoms with Gasteiger partial charge in [0.15, 0.2) is 5.13 Å². The summed E-state index contributed by atoms with van der Waals surface area (Å²) >= 11 is 1.54. The van der Waals surface area contributed by atoms with Crippen molar-refractivity contribution in [2.24, 2.45) is 5.92 Å². The van der Waals surface area contributed by atoms with Crippen LogP contribution >= 0.6 is 11.3 Å². The highest BCUT2D eigenvalue weighted by Gasteiger charge is 2.32. The minimum Gasteiger partial charge on any atom is -0.301 e. The third-order valence-electron chi connectivity index (χ3n) is 4.84. The fourth-order valence-corrected chi connectivity index (χ4v) is 4.57. The van der Waals surface area contributed by atoms with E-state index < -0.39 is 0 Å². The number of carbonyl (C=O) groups is 1. The fraction of sp³-hybridized carbons (Fsp3) is 0.300. The number of anilines is 1. The summed E-state index contributed by atoms with van der Waals surface area (Å²) in [6, 6.07) is 18.2. The van der Waals surface area contributed by atoms with E-state index in [1.165, 1.54) is 24.2 Å². The summed E-state index contributed by atoms with van der Waals surface area (Å²) in [5.74, 6) is 0.426. The first-order valence-electron chi connectivity index (χ1n) is 8.52. The number of nitrogens with one attached hydrogen (secondary N) is 1. The largest absolute Gasteiger partial charge is 0.301 e. The Morgan fingerprint density at radius 1 is 1.04 bits per heavy atom. The van der Waals surface area contributed by atoms with Crippen LogP contribution < -0.4 is 5.32 Å². The van der Waals surface area contributed by atoms with Crippen LogP contribution in [0, 0.1) is 5.92 Å². The molecule has 0 saturated heterocycles. The number of aromatic nitrogens is 1. The average Bonchev–Trinajstić information content (AvgIpc) is 3.25. The van der Waals surface area contributed by atoms with Gasteiger partial charge in [0.25, 0.3) is 0 Å². The lowest BCUT2D eigenvalue weighted by molar-refractivity contribution is -0.118.